The molecule has 3 atom stereocenters. The molecule has 2 aromatic rings. The number of nitrogens with two attached hydrogens (primary N) is 1. The number of ketones is 1. The van der Waals surface area contributed by atoms with Crippen molar-refractivity contribution in [2.24, 2.45) is 5.73 Å². The molecular weight excluding hydrogens is 492 g/mol. The molecule has 0 bridgehead atoms. The zero-order valence-corrected chi connectivity index (χ0v) is 21.6. The first-order valence-electron chi connectivity index (χ1n) is 10.6. The molecule has 2 aromatic carbocycles. The molecule has 0 spiro atoms. The number of benzene rings is 2. The van der Waals surface area contributed by atoms with Crippen molar-refractivity contribution < 1.29 is 38.5 Å². The molecule has 0 saturated heterocycles. The van der Waals surface area contributed by atoms with Crippen LogP contribution in [0.5, 0.6) is 0 Å². The maximum Gasteiger partial charge on any atom is 0.408 e. The maximum atomic E-state index is 11.8. The van der Waals surface area contributed by atoms with Gasteiger partial charge in [0.2, 0.25) is 0 Å². The van der Waals surface area contributed by atoms with Crippen LogP contribution in [0.25, 0.3) is 0 Å². The third-order valence-electron chi connectivity index (χ3n) is 4.38. The summed E-state index contributed by atoms with van der Waals surface area (Å²) in [5.74, 6) is -1.91. The number of aliphatic hydroxyl groups is 1. The van der Waals surface area contributed by atoms with Gasteiger partial charge >= 0.3 is 18.0 Å². The van der Waals surface area contributed by atoms with E-state index >= 15 is 0 Å². The molecule has 1 amide bonds. The third-order valence-corrected chi connectivity index (χ3v) is 4.38. The molecule has 0 radical (unpaired) electrons. The minimum absolute atomic E-state index is 0. The van der Waals surface area contributed by atoms with Gasteiger partial charge in [0, 0.05) is 5.56 Å². The van der Waals surface area contributed by atoms with Crippen LogP contribution in [0.1, 0.15) is 42.8 Å². The molecular formula is C25H33ClN2O8. The minimum Gasteiger partial charge on any atom is -0.468 e. The van der Waals surface area contributed by atoms with E-state index in [0.29, 0.717) is 11.1 Å². The van der Waals surface area contributed by atoms with E-state index in [2.05, 4.69) is 14.8 Å². The highest BCUT2D eigenvalue weighted by Crippen LogP contribution is 2.18. The number of amides is 1. The van der Waals surface area contributed by atoms with E-state index in [0.717, 1.165) is 0 Å². The van der Waals surface area contributed by atoms with E-state index in [9.17, 15) is 24.3 Å². The number of hydrogen-bond donors (Lipinski definition) is 3. The number of ether oxygens (including phenoxy) is 3. The van der Waals surface area contributed by atoms with Gasteiger partial charge in [-0.2, -0.15) is 0 Å². The Labute approximate surface area is 216 Å². The van der Waals surface area contributed by atoms with Crippen LogP contribution in [0.2, 0.25) is 0 Å². The number of rotatable bonds is 7. The summed E-state index contributed by atoms with van der Waals surface area (Å²) in [4.78, 5) is 46.0. The predicted molar refractivity (Wildman–Crippen MR) is 135 cm³/mol. The van der Waals surface area contributed by atoms with Crippen molar-refractivity contribution in [1.82, 2.24) is 5.32 Å². The molecule has 0 aromatic heterocycles. The van der Waals surface area contributed by atoms with Gasteiger partial charge in [0.1, 0.15) is 11.7 Å². The monoisotopic (exact) mass is 524 g/mol. The van der Waals surface area contributed by atoms with Crippen molar-refractivity contribution in [3.8, 4) is 0 Å². The molecule has 10 nitrogen and oxygen atoms in total. The lowest BCUT2D eigenvalue weighted by Crippen LogP contribution is -2.47. The Morgan fingerprint density at radius 3 is 1.78 bits per heavy atom. The highest BCUT2D eigenvalue weighted by molar-refractivity contribution is 6.11. The van der Waals surface area contributed by atoms with E-state index in [1.807, 2.05) is 0 Å². The molecule has 0 saturated carbocycles. The van der Waals surface area contributed by atoms with Crippen LogP contribution < -0.4 is 11.1 Å². The van der Waals surface area contributed by atoms with E-state index < -0.39 is 47.6 Å². The number of Topliss-reactive ketones (excluding diaryl/α,β-unsaturated/α-hetero) is 1. The fourth-order valence-corrected chi connectivity index (χ4v) is 2.69. The van der Waals surface area contributed by atoms with Gasteiger partial charge in [-0.3, -0.25) is 4.79 Å². The lowest BCUT2D eigenvalue weighted by molar-refractivity contribution is -0.146. The number of carbonyl (C=O) groups is 4. The number of aliphatic hydroxyl groups excluding tert-OH is 1. The molecule has 0 heterocycles. The fourth-order valence-electron chi connectivity index (χ4n) is 2.69. The van der Waals surface area contributed by atoms with Crippen molar-refractivity contribution in [1.29, 1.82) is 0 Å². The largest absolute Gasteiger partial charge is 0.468 e. The third kappa shape index (κ3) is 10.9. The number of methoxy groups -OCH3 is 2. The molecule has 36 heavy (non-hydrogen) atoms. The number of hydrogen-bond acceptors (Lipinski definition) is 9. The fraction of sp³-hybridized carbons (Fsp3) is 0.360. The first-order chi connectivity index (χ1) is 16.4. The van der Waals surface area contributed by atoms with Gasteiger partial charge in [-0.25, -0.2) is 14.4 Å². The summed E-state index contributed by atoms with van der Waals surface area (Å²) in [5.41, 5.74) is 5.57. The average molecular weight is 525 g/mol. The van der Waals surface area contributed by atoms with Crippen molar-refractivity contribution in [3.05, 3.63) is 71.8 Å². The molecule has 0 aliphatic heterocycles. The van der Waals surface area contributed by atoms with Gasteiger partial charge in [0.25, 0.3) is 0 Å². The zero-order valence-electron chi connectivity index (χ0n) is 20.8. The quantitative estimate of drug-likeness (QED) is 0.214. The van der Waals surface area contributed by atoms with Crippen molar-refractivity contribution in [2.45, 2.75) is 44.6 Å². The molecule has 1 unspecified atom stereocenters. The van der Waals surface area contributed by atoms with Crippen LogP contribution in [-0.2, 0) is 23.8 Å². The van der Waals surface area contributed by atoms with E-state index in [1.165, 1.54) is 14.2 Å². The SMILES string of the molecule is COC(=O)C(N)C(=O)c1ccccc1.COC(=O)[C@@H](NC(=O)OC(C)(C)C)[C@@H](O)c1ccccc1.Cl. The highest BCUT2D eigenvalue weighted by atomic mass is 35.5. The molecule has 0 fully saturated rings. The predicted octanol–water partition coefficient (Wildman–Crippen LogP) is 2.58. The zero-order chi connectivity index (χ0) is 26.6. The Morgan fingerprint density at radius 2 is 1.33 bits per heavy atom. The van der Waals surface area contributed by atoms with Crippen LogP contribution in [0.4, 0.5) is 4.79 Å². The Hall–Kier alpha value is -3.47. The summed E-state index contributed by atoms with van der Waals surface area (Å²) >= 11 is 0. The van der Waals surface area contributed by atoms with Crippen LogP contribution in [0.3, 0.4) is 0 Å². The van der Waals surface area contributed by atoms with E-state index in [-0.39, 0.29) is 12.4 Å². The number of alkyl carbamates (subject to hydrolysis) is 1. The van der Waals surface area contributed by atoms with Gasteiger partial charge in [-0.15, -0.1) is 12.4 Å². The molecule has 2 rings (SSSR count). The first kappa shape index (κ1) is 32.5. The summed E-state index contributed by atoms with van der Waals surface area (Å²) < 4.78 is 14.1. The standard InChI is InChI=1S/C15H21NO5.C10H11NO3.ClH/c1-15(2,3)21-14(19)16-11(13(18)20-4)12(17)10-8-6-5-7-9-10;1-14-10(13)8(11)9(12)7-5-3-2-4-6-7;/h5-9,11-12,17H,1-4H3,(H,16,19);2-6,8H,11H2,1H3;1H/t11-,12-;;/m0../s1. The number of halogens is 1. The molecule has 0 aliphatic rings. The molecule has 0 aliphatic carbocycles. The number of nitrogens with one attached hydrogen (secondary N) is 1. The van der Waals surface area contributed by atoms with Gasteiger partial charge in [0.15, 0.2) is 17.9 Å². The van der Waals surface area contributed by atoms with Crippen LogP contribution in [0, 0.1) is 0 Å². The second-order valence-electron chi connectivity index (χ2n) is 8.23. The van der Waals surface area contributed by atoms with Gasteiger partial charge in [-0.1, -0.05) is 60.7 Å². The number of carbonyl (C=O) groups excluding carboxylic acids is 4. The molecule has 11 heteroatoms. The summed E-state index contributed by atoms with van der Waals surface area (Å²) in [6.07, 6.45) is -2.03. The Bertz CT molecular complexity index is 981. The summed E-state index contributed by atoms with van der Waals surface area (Å²) in [5, 5.41) is 12.6. The number of esters is 2. The Balaban J connectivity index is 0.000000713. The second kappa shape index (κ2) is 15.5. The lowest BCUT2D eigenvalue weighted by atomic mass is 10.0. The van der Waals surface area contributed by atoms with Crippen molar-refractivity contribution in [3.63, 3.8) is 0 Å². The Morgan fingerprint density at radius 1 is 0.861 bits per heavy atom. The molecule has 4 N–H and O–H groups in total. The van der Waals surface area contributed by atoms with E-state index in [4.69, 9.17) is 10.5 Å². The summed E-state index contributed by atoms with van der Waals surface area (Å²) in [7, 11) is 2.38. The first-order valence-corrected chi connectivity index (χ1v) is 10.6. The normalized spacial score (nSPS) is 12.8. The average Bonchev–Trinajstić information content (AvgIpc) is 2.85. The second-order valence-corrected chi connectivity index (χ2v) is 8.23. The Kier molecular flexibility index (Phi) is 14.0. The van der Waals surface area contributed by atoms with Gasteiger partial charge in [0.05, 0.1) is 14.2 Å². The minimum atomic E-state index is -1.24. The topological polar surface area (TPSA) is 154 Å². The lowest BCUT2D eigenvalue weighted by Gasteiger charge is -2.25. The molecule has 198 valence electrons. The highest BCUT2D eigenvalue weighted by Gasteiger charge is 2.32. The van der Waals surface area contributed by atoms with E-state index in [1.54, 1.807) is 81.4 Å². The van der Waals surface area contributed by atoms with Crippen LogP contribution >= 0.6 is 12.4 Å². The summed E-state index contributed by atoms with van der Waals surface area (Å²) in [6, 6.07) is 14.4. The summed E-state index contributed by atoms with van der Waals surface area (Å²) in [6.45, 7) is 5.11. The maximum absolute atomic E-state index is 11.8. The smallest absolute Gasteiger partial charge is 0.408 e. The van der Waals surface area contributed by atoms with Crippen molar-refractivity contribution in [2.75, 3.05) is 14.2 Å². The van der Waals surface area contributed by atoms with Gasteiger partial charge < -0.3 is 30.4 Å². The van der Waals surface area contributed by atoms with Crippen LogP contribution in [0.15, 0.2) is 60.7 Å². The van der Waals surface area contributed by atoms with Crippen molar-refractivity contribution >= 4 is 36.2 Å². The van der Waals surface area contributed by atoms with Crippen LogP contribution in [-0.4, -0.2) is 60.8 Å². The van der Waals surface area contributed by atoms with Gasteiger partial charge in [-0.05, 0) is 26.3 Å².